The predicted molar refractivity (Wildman–Crippen MR) is 105 cm³/mol. The number of thiophene rings is 1. The van der Waals surface area contributed by atoms with Crippen molar-refractivity contribution >= 4 is 44.8 Å². The standard InChI is InChI=1S/C19H21N3O3S/c1-12-9-15-17(26-12)10-16(19(24)25-4)22(15)11-18(23)20-13-5-7-14(8-6-13)21(2)3/h5-10H,11H2,1-4H3,(H,20,23). The summed E-state index contributed by atoms with van der Waals surface area (Å²) in [4.78, 5) is 27.7. The topological polar surface area (TPSA) is 63.6 Å². The minimum atomic E-state index is -0.450. The Kier molecular flexibility index (Phi) is 4.99. The van der Waals surface area contributed by atoms with Crippen LogP contribution < -0.4 is 10.2 Å². The molecule has 1 amide bonds. The molecule has 0 bridgehead atoms. The lowest BCUT2D eigenvalue weighted by atomic mass is 10.2. The van der Waals surface area contributed by atoms with E-state index >= 15 is 0 Å². The number of fused-ring (bicyclic) bond motifs is 1. The molecule has 0 radical (unpaired) electrons. The zero-order valence-electron chi connectivity index (χ0n) is 15.2. The average molecular weight is 371 g/mol. The molecule has 26 heavy (non-hydrogen) atoms. The summed E-state index contributed by atoms with van der Waals surface area (Å²) in [6, 6.07) is 11.3. The maximum Gasteiger partial charge on any atom is 0.354 e. The third-order valence-corrected chi connectivity index (χ3v) is 5.06. The Labute approximate surface area is 156 Å². The Hall–Kier alpha value is -2.80. The van der Waals surface area contributed by atoms with E-state index in [1.54, 1.807) is 22.0 Å². The summed E-state index contributed by atoms with van der Waals surface area (Å²) in [7, 11) is 5.26. The van der Waals surface area contributed by atoms with Gasteiger partial charge >= 0.3 is 5.97 Å². The number of benzene rings is 1. The maximum absolute atomic E-state index is 12.5. The van der Waals surface area contributed by atoms with Gasteiger partial charge in [-0.2, -0.15) is 0 Å². The number of amides is 1. The number of rotatable bonds is 5. The molecule has 1 N–H and O–H groups in total. The van der Waals surface area contributed by atoms with Crippen molar-refractivity contribution in [2.75, 3.05) is 31.4 Å². The van der Waals surface area contributed by atoms with Crippen molar-refractivity contribution in [2.45, 2.75) is 13.5 Å². The van der Waals surface area contributed by atoms with Crippen LogP contribution >= 0.6 is 11.3 Å². The fourth-order valence-electron chi connectivity index (χ4n) is 2.80. The molecule has 6 nitrogen and oxygen atoms in total. The van der Waals surface area contributed by atoms with Crippen molar-refractivity contribution in [1.82, 2.24) is 4.57 Å². The van der Waals surface area contributed by atoms with Crippen LogP contribution in [0.3, 0.4) is 0 Å². The second-order valence-electron chi connectivity index (χ2n) is 6.20. The van der Waals surface area contributed by atoms with Crippen molar-refractivity contribution in [3.63, 3.8) is 0 Å². The van der Waals surface area contributed by atoms with E-state index in [0.717, 1.165) is 20.8 Å². The Morgan fingerprint density at radius 2 is 1.88 bits per heavy atom. The number of anilines is 2. The Bertz CT molecular complexity index is 954. The normalized spacial score (nSPS) is 10.8. The fourth-order valence-corrected chi connectivity index (χ4v) is 3.76. The SMILES string of the molecule is COC(=O)c1cc2sc(C)cc2n1CC(=O)Nc1ccc(N(C)C)cc1. The number of esters is 1. The number of hydrogen-bond donors (Lipinski definition) is 1. The first kappa shape index (κ1) is 18.0. The minimum Gasteiger partial charge on any atom is -0.464 e. The summed E-state index contributed by atoms with van der Waals surface area (Å²) in [5, 5.41) is 2.88. The molecule has 2 heterocycles. The van der Waals surface area contributed by atoms with Gasteiger partial charge in [-0.1, -0.05) is 0 Å². The zero-order valence-corrected chi connectivity index (χ0v) is 16.0. The van der Waals surface area contributed by atoms with Gasteiger partial charge in [-0.15, -0.1) is 11.3 Å². The summed E-state index contributed by atoms with van der Waals surface area (Å²) in [5.74, 6) is -0.650. The molecule has 0 unspecified atom stereocenters. The molecule has 0 aliphatic heterocycles. The number of nitrogens with zero attached hydrogens (tertiary/aromatic N) is 2. The lowest BCUT2D eigenvalue weighted by molar-refractivity contribution is -0.116. The molecular formula is C19H21N3O3S. The van der Waals surface area contributed by atoms with Gasteiger partial charge in [-0.25, -0.2) is 4.79 Å². The van der Waals surface area contributed by atoms with Crippen LogP contribution in [-0.4, -0.2) is 37.6 Å². The zero-order chi connectivity index (χ0) is 18.8. The van der Waals surface area contributed by atoms with Crippen molar-refractivity contribution in [3.05, 3.63) is 47.0 Å². The van der Waals surface area contributed by atoms with Gasteiger partial charge in [0.25, 0.3) is 0 Å². The van der Waals surface area contributed by atoms with Gasteiger partial charge in [0.1, 0.15) is 12.2 Å². The van der Waals surface area contributed by atoms with Gasteiger partial charge in [-0.3, -0.25) is 4.79 Å². The van der Waals surface area contributed by atoms with Crippen LogP contribution in [0.4, 0.5) is 11.4 Å². The molecule has 136 valence electrons. The third kappa shape index (κ3) is 3.57. The van der Waals surface area contributed by atoms with E-state index in [4.69, 9.17) is 4.74 Å². The summed E-state index contributed by atoms with van der Waals surface area (Å²) in [5.41, 5.74) is 3.01. The highest BCUT2D eigenvalue weighted by molar-refractivity contribution is 7.19. The van der Waals surface area contributed by atoms with Crippen molar-refractivity contribution < 1.29 is 14.3 Å². The molecule has 0 fully saturated rings. The van der Waals surface area contributed by atoms with E-state index in [1.807, 2.05) is 56.3 Å². The summed E-state index contributed by atoms with van der Waals surface area (Å²) >= 11 is 1.59. The first-order chi connectivity index (χ1) is 12.4. The minimum absolute atomic E-state index is 0.0412. The van der Waals surface area contributed by atoms with Gasteiger partial charge in [0, 0.05) is 30.3 Å². The smallest absolute Gasteiger partial charge is 0.354 e. The first-order valence-corrected chi connectivity index (χ1v) is 8.96. The Morgan fingerprint density at radius 1 is 1.19 bits per heavy atom. The Morgan fingerprint density at radius 3 is 2.50 bits per heavy atom. The average Bonchev–Trinajstić information content (AvgIpc) is 3.12. The van der Waals surface area contributed by atoms with Crippen LogP contribution in [0, 0.1) is 6.92 Å². The fraction of sp³-hybridized carbons (Fsp3) is 0.263. The van der Waals surface area contributed by atoms with Gasteiger partial charge in [0.05, 0.1) is 17.3 Å². The number of methoxy groups -OCH3 is 1. The molecule has 1 aromatic carbocycles. The molecule has 3 aromatic rings. The second-order valence-corrected chi connectivity index (χ2v) is 7.49. The summed E-state index contributed by atoms with van der Waals surface area (Å²) in [6.07, 6.45) is 0. The molecule has 0 saturated heterocycles. The molecule has 7 heteroatoms. The van der Waals surface area contributed by atoms with Crippen LogP contribution in [0.5, 0.6) is 0 Å². The van der Waals surface area contributed by atoms with Gasteiger partial charge in [0.2, 0.25) is 5.91 Å². The molecule has 0 atom stereocenters. The van der Waals surface area contributed by atoms with Crippen LogP contribution in [0.1, 0.15) is 15.4 Å². The summed E-state index contributed by atoms with van der Waals surface area (Å²) in [6.45, 7) is 2.04. The predicted octanol–water partition coefficient (Wildman–Crippen LogP) is 3.50. The van der Waals surface area contributed by atoms with Crippen molar-refractivity contribution in [3.8, 4) is 0 Å². The highest BCUT2D eigenvalue weighted by Gasteiger charge is 2.19. The summed E-state index contributed by atoms with van der Waals surface area (Å²) < 4.78 is 7.52. The highest BCUT2D eigenvalue weighted by atomic mass is 32.1. The third-order valence-electron chi connectivity index (χ3n) is 4.08. The number of nitrogens with one attached hydrogen (secondary N) is 1. The number of aromatic nitrogens is 1. The van der Waals surface area contributed by atoms with Crippen LogP contribution in [0.25, 0.3) is 10.2 Å². The molecular weight excluding hydrogens is 350 g/mol. The second kappa shape index (κ2) is 7.21. The first-order valence-electron chi connectivity index (χ1n) is 8.14. The number of carbonyl (C=O) groups is 2. The molecule has 0 spiro atoms. The number of aryl methyl sites for hydroxylation is 1. The van der Waals surface area contributed by atoms with Crippen molar-refractivity contribution in [2.24, 2.45) is 0 Å². The van der Waals surface area contributed by atoms with Crippen LogP contribution in [-0.2, 0) is 16.1 Å². The van der Waals surface area contributed by atoms with E-state index < -0.39 is 5.97 Å². The number of carbonyl (C=O) groups excluding carboxylic acids is 2. The van der Waals surface area contributed by atoms with E-state index in [2.05, 4.69) is 5.32 Å². The molecule has 0 saturated carbocycles. The molecule has 3 rings (SSSR count). The van der Waals surface area contributed by atoms with Gasteiger partial charge in [-0.05, 0) is 43.3 Å². The lowest BCUT2D eigenvalue weighted by Gasteiger charge is -2.13. The van der Waals surface area contributed by atoms with Crippen LogP contribution in [0.2, 0.25) is 0 Å². The Balaban J connectivity index is 1.83. The van der Waals surface area contributed by atoms with E-state index in [1.165, 1.54) is 7.11 Å². The van der Waals surface area contributed by atoms with E-state index in [9.17, 15) is 9.59 Å². The molecule has 2 aromatic heterocycles. The lowest BCUT2D eigenvalue weighted by Crippen LogP contribution is -2.21. The number of ether oxygens (including phenoxy) is 1. The van der Waals surface area contributed by atoms with Gasteiger partial charge < -0.3 is 19.5 Å². The largest absolute Gasteiger partial charge is 0.464 e. The quantitative estimate of drug-likeness (QED) is 0.697. The van der Waals surface area contributed by atoms with Crippen molar-refractivity contribution in [1.29, 1.82) is 0 Å². The highest BCUT2D eigenvalue weighted by Crippen LogP contribution is 2.29. The molecule has 0 aliphatic rings. The van der Waals surface area contributed by atoms with Crippen LogP contribution in [0.15, 0.2) is 36.4 Å². The van der Waals surface area contributed by atoms with Gasteiger partial charge in [0.15, 0.2) is 0 Å². The van der Waals surface area contributed by atoms with E-state index in [0.29, 0.717) is 11.4 Å². The maximum atomic E-state index is 12.5. The van der Waals surface area contributed by atoms with E-state index in [-0.39, 0.29) is 12.5 Å². The molecule has 0 aliphatic carbocycles. The number of hydrogen-bond acceptors (Lipinski definition) is 5. The monoisotopic (exact) mass is 371 g/mol.